The van der Waals surface area contributed by atoms with Crippen molar-refractivity contribution in [1.29, 1.82) is 0 Å². The Hall–Kier alpha value is -2.86. The number of benzene rings is 2. The number of nitrogens with zero attached hydrogens (tertiary/aromatic N) is 1. The van der Waals surface area contributed by atoms with Crippen LogP contribution < -0.4 is 9.47 Å². The van der Waals surface area contributed by atoms with Crippen LogP contribution in [0.3, 0.4) is 0 Å². The van der Waals surface area contributed by atoms with Gasteiger partial charge in [-0.15, -0.1) is 11.3 Å². The molecule has 0 spiro atoms. The molecule has 0 N–H and O–H groups in total. The molecule has 0 aliphatic heterocycles. The number of hydrogen-bond acceptors (Lipinski definition) is 6. The summed E-state index contributed by atoms with van der Waals surface area (Å²) >= 11 is 1.45. The Morgan fingerprint density at radius 1 is 1.08 bits per heavy atom. The second kappa shape index (κ2) is 8.49. The highest BCUT2D eigenvalue weighted by atomic mass is 32.1. The average molecular weight is 369 g/mol. The van der Waals surface area contributed by atoms with Crippen molar-refractivity contribution in [3.8, 4) is 17.2 Å². The molecule has 1 atom stereocenters. The van der Waals surface area contributed by atoms with Crippen molar-refractivity contribution >= 4 is 17.3 Å². The van der Waals surface area contributed by atoms with Gasteiger partial charge < -0.3 is 14.2 Å². The highest BCUT2D eigenvalue weighted by molar-refractivity contribution is 7.09. The second-order valence-corrected chi connectivity index (χ2v) is 6.32. The van der Waals surface area contributed by atoms with Gasteiger partial charge >= 0.3 is 5.97 Å². The van der Waals surface area contributed by atoms with Gasteiger partial charge in [-0.05, 0) is 38.1 Å². The average Bonchev–Trinajstić information content (AvgIpc) is 3.19. The Bertz CT molecular complexity index is 864. The minimum atomic E-state index is -0.461. The van der Waals surface area contributed by atoms with Crippen molar-refractivity contribution in [2.45, 2.75) is 20.0 Å². The number of carbonyl (C=O) groups is 1. The molecule has 1 aromatic heterocycles. The third-order valence-electron chi connectivity index (χ3n) is 3.56. The fourth-order valence-corrected chi connectivity index (χ4v) is 2.98. The molecule has 0 bridgehead atoms. The molecule has 5 nitrogen and oxygen atoms in total. The summed E-state index contributed by atoms with van der Waals surface area (Å²) in [6.07, 6.45) is 1.26. The van der Waals surface area contributed by atoms with Crippen LogP contribution in [0.2, 0.25) is 0 Å². The Morgan fingerprint density at radius 2 is 1.77 bits per heavy atom. The van der Waals surface area contributed by atoms with Gasteiger partial charge in [-0.3, -0.25) is 0 Å². The third kappa shape index (κ3) is 4.21. The van der Waals surface area contributed by atoms with Gasteiger partial charge in [-0.2, -0.15) is 0 Å². The normalized spacial score (nSPS) is 11.6. The van der Waals surface area contributed by atoms with E-state index in [1.54, 1.807) is 43.5 Å². The first-order valence-corrected chi connectivity index (χ1v) is 9.16. The summed E-state index contributed by atoms with van der Waals surface area (Å²) in [7, 11) is 0. The molecule has 3 rings (SSSR count). The molecule has 1 heterocycles. The molecule has 6 heteroatoms. The Labute approximate surface area is 156 Å². The molecule has 3 aromatic rings. The van der Waals surface area contributed by atoms with E-state index >= 15 is 0 Å². The van der Waals surface area contributed by atoms with Gasteiger partial charge in [0.05, 0.1) is 6.61 Å². The number of thiazole rings is 1. The number of rotatable bonds is 7. The number of para-hydroxylation sites is 3. The first kappa shape index (κ1) is 17.9. The lowest BCUT2D eigenvalue weighted by molar-refractivity contribution is 0.0334. The van der Waals surface area contributed by atoms with Crippen LogP contribution in [0.1, 0.15) is 35.3 Å². The molecule has 134 valence electrons. The first-order valence-electron chi connectivity index (χ1n) is 8.28. The fourth-order valence-electron chi connectivity index (χ4n) is 2.36. The standard InChI is InChI=1S/C20H19NO4S/c1-3-23-17-10-6-7-11-18(17)25-16-9-5-4-8-15(16)20(22)24-14(2)19-21-12-13-26-19/h4-14H,3H2,1-2H3/t14-/m1/s1. The van der Waals surface area contributed by atoms with E-state index in [0.29, 0.717) is 29.4 Å². The van der Waals surface area contributed by atoms with E-state index < -0.39 is 12.1 Å². The zero-order chi connectivity index (χ0) is 18.4. The molecule has 0 fully saturated rings. The van der Waals surface area contributed by atoms with E-state index in [0.717, 1.165) is 5.01 Å². The number of aromatic nitrogens is 1. The number of ether oxygens (including phenoxy) is 3. The molecular weight excluding hydrogens is 350 g/mol. The van der Waals surface area contributed by atoms with Crippen molar-refractivity contribution in [1.82, 2.24) is 4.98 Å². The molecule has 0 amide bonds. The summed E-state index contributed by atoms with van der Waals surface area (Å²) < 4.78 is 17.1. The van der Waals surface area contributed by atoms with Gasteiger partial charge in [-0.25, -0.2) is 9.78 Å². The van der Waals surface area contributed by atoms with Gasteiger partial charge in [0.25, 0.3) is 0 Å². The maximum Gasteiger partial charge on any atom is 0.342 e. The Balaban J connectivity index is 1.81. The molecule has 0 aliphatic carbocycles. The maximum atomic E-state index is 12.6. The minimum Gasteiger partial charge on any atom is -0.490 e. The first-order chi connectivity index (χ1) is 12.7. The SMILES string of the molecule is CCOc1ccccc1Oc1ccccc1C(=O)O[C@H](C)c1nccs1. The highest BCUT2D eigenvalue weighted by Crippen LogP contribution is 2.33. The summed E-state index contributed by atoms with van der Waals surface area (Å²) in [6.45, 7) is 4.22. The van der Waals surface area contributed by atoms with Crippen molar-refractivity contribution < 1.29 is 19.0 Å². The molecule has 0 saturated carbocycles. The Morgan fingerprint density at radius 3 is 2.46 bits per heavy atom. The van der Waals surface area contributed by atoms with Gasteiger partial charge in [0.1, 0.15) is 16.3 Å². The van der Waals surface area contributed by atoms with E-state index in [1.807, 2.05) is 30.5 Å². The fraction of sp³-hybridized carbons (Fsp3) is 0.200. The number of carbonyl (C=O) groups excluding carboxylic acids is 1. The number of hydrogen-bond donors (Lipinski definition) is 0. The van der Waals surface area contributed by atoms with Crippen LogP contribution in [0.5, 0.6) is 17.2 Å². The van der Waals surface area contributed by atoms with Crippen molar-refractivity contribution in [3.05, 3.63) is 70.7 Å². The van der Waals surface area contributed by atoms with Gasteiger partial charge in [0.15, 0.2) is 17.6 Å². The van der Waals surface area contributed by atoms with Gasteiger partial charge in [0.2, 0.25) is 0 Å². The Kier molecular flexibility index (Phi) is 5.86. The topological polar surface area (TPSA) is 57.7 Å². The van der Waals surface area contributed by atoms with Crippen LogP contribution >= 0.6 is 11.3 Å². The predicted molar refractivity (Wildman–Crippen MR) is 100 cm³/mol. The maximum absolute atomic E-state index is 12.6. The van der Waals surface area contributed by atoms with Crippen LogP contribution in [0.25, 0.3) is 0 Å². The summed E-state index contributed by atoms with van der Waals surface area (Å²) in [5.74, 6) is 1.12. The highest BCUT2D eigenvalue weighted by Gasteiger charge is 2.20. The summed E-state index contributed by atoms with van der Waals surface area (Å²) in [5, 5.41) is 2.60. The zero-order valence-electron chi connectivity index (χ0n) is 14.5. The summed E-state index contributed by atoms with van der Waals surface area (Å²) in [6, 6.07) is 14.3. The minimum absolute atomic E-state index is 0.349. The molecule has 0 radical (unpaired) electrons. The van der Waals surface area contributed by atoms with E-state index in [1.165, 1.54) is 11.3 Å². The quantitative estimate of drug-likeness (QED) is 0.532. The van der Waals surface area contributed by atoms with Crippen LogP contribution in [-0.4, -0.2) is 17.6 Å². The van der Waals surface area contributed by atoms with Gasteiger partial charge in [0, 0.05) is 11.6 Å². The van der Waals surface area contributed by atoms with E-state index in [2.05, 4.69) is 4.98 Å². The zero-order valence-corrected chi connectivity index (χ0v) is 15.4. The van der Waals surface area contributed by atoms with Crippen LogP contribution in [0, 0.1) is 0 Å². The predicted octanol–water partition coefficient (Wildman–Crippen LogP) is 5.25. The molecule has 0 unspecified atom stereocenters. The molecular formula is C20H19NO4S. The molecule has 0 saturated heterocycles. The van der Waals surface area contributed by atoms with Gasteiger partial charge in [-0.1, -0.05) is 24.3 Å². The molecule has 0 aliphatic rings. The van der Waals surface area contributed by atoms with Crippen LogP contribution in [-0.2, 0) is 4.74 Å². The monoisotopic (exact) mass is 369 g/mol. The summed E-state index contributed by atoms with van der Waals surface area (Å²) in [5.41, 5.74) is 0.349. The van der Waals surface area contributed by atoms with Crippen molar-refractivity contribution in [2.75, 3.05) is 6.61 Å². The van der Waals surface area contributed by atoms with Crippen molar-refractivity contribution in [2.24, 2.45) is 0 Å². The van der Waals surface area contributed by atoms with E-state index in [9.17, 15) is 4.79 Å². The lowest BCUT2D eigenvalue weighted by Crippen LogP contribution is -2.10. The largest absolute Gasteiger partial charge is 0.490 e. The van der Waals surface area contributed by atoms with Crippen LogP contribution in [0.15, 0.2) is 60.1 Å². The van der Waals surface area contributed by atoms with E-state index in [4.69, 9.17) is 14.2 Å². The molecule has 2 aromatic carbocycles. The lowest BCUT2D eigenvalue weighted by Gasteiger charge is -2.15. The smallest absolute Gasteiger partial charge is 0.342 e. The van der Waals surface area contributed by atoms with E-state index in [-0.39, 0.29) is 0 Å². The lowest BCUT2D eigenvalue weighted by atomic mass is 10.2. The summed E-state index contributed by atoms with van der Waals surface area (Å²) in [4.78, 5) is 16.8. The third-order valence-corrected chi connectivity index (χ3v) is 4.50. The number of esters is 1. The second-order valence-electron chi connectivity index (χ2n) is 5.40. The molecule has 26 heavy (non-hydrogen) atoms. The van der Waals surface area contributed by atoms with Crippen LogP contribution in [0.4, 0.5) is 0 Å². The van der Waals surface area contributed by atoms with Crippen molar-refractivity contribution in [3.63, 3.8) is 0 Å².